The molecule has 0 bridgehead atoms. The highest BCUT2D eigenvalue weighted by Crippen LogP contribution is 2.26. The topological polar surface area (TPSA) is 80.3 Å². The Hall–Kier alpha value is -2.42. The average Bonchev–Trinajstić information content (AvgIpc) is 3.19. The molecule has 0 radical (unpaired) electrons. The van der Waals surface area contributed by atoms with E-state index in [2.05, 4.69) is 15.6 Å². The van der Waals surface area contributed by atoms with Gasteiger partial charge in [-0.2, -0.15) is 0 Å². The van der Waals surface area contributed by atoms with Crippen molar-refractivity contribution in [3.63, 3.8) is 0 Å². The van der Waals surface area contributed by atoms with Gasteiger partial charge >= 0.3 is 0 Å². The lowest BCUT2D eigenvalue weighted by atomic mass is 9.91. The highest BCUT2D eigenvalue weighted by molar-refractivity contribution is 7.20. The molecular formula is C22H20Cl2FN3O3S. The maximum atomic E-state index is 13.4. The third-order valence-electron chi connectivity index (χ3n) is 5.23. The average molecular weight is 496 g/mol. The van der Waals surface area contributed by atoms with E-state index in [9.17, 15) is 14.0 Å². The van der Waals surface area contributed by atoms with Crippen LogP contribution < -0.4 is 15.4 Å². The Morgan fingerprint density at radius 3 is 2.50 bits per heavy atom. The second-order valence-corrected chi connectivity index (χ2v) is 9.46. The molecule has 1 aliphatic carbocycles. The van der Waals surface area contributed by atoms with Crippen molar-refractivity contribution in [3.8, 4) is 5.75 Å². The van der Waals surface area contributed by atoms with Crippen LogP contribution in [0.5, 0.6) is 5.75 Å². The van der Waals surface area contributed by atoms with Gasteiger partial charge in [-0.1, -0.05) is 23.2 Å². The first-order valence-corrected chi connectivity index (χ1v) is 11.7. The van der Waals surface area contributed by atoms with E-state index in [0.29, 0.717) is 10.0 Å². The van der Waals surface area contributed by atoms with Crippen molar-refractivity contribution < 1.29 is 18.7 Å². The molecule has 1 aliphatic rings. The quantitative estimate of drug-likeness (QED) is 0.505. The van der Waals surface area contributed by atoms with Gasteiger partial charge < -0.3 is 15.4 Å². The number of halogens is 3. The number of carbonyl (C=O) groups is 2. The van der Waals surface area contributed by atoms with Gasteiger partial charge in [-0.05, 0) is 56.0 Å². The summed E-state index contributed by atoms with van der Waals surface area (Å²) in [7, 11) is 0. The van der Waals surface area contributed by atoms with Crippen LogP contribution in [0.2, 0.25) is 10.0 Å². The molecule has 4 rings (SSSR count). The van der Waals surface area contributed by atoms with Crippen molar-refractivity contribution in [1.29, 1.82) is 0 Å². The summed E-state index contributed by atoms with van der Waals surface area (Å²) in [4.78, 5) is 29.1. The molecule has 2 N–H and O–H groups in total. The Morgan fingerprint density at radius 2 is 1.78 bits per heavy atom. The minimum Gasteiger partial charge on any atom is -0.484 e. The molecule has 1 heterocycles. The summed E-state index contributed by atoms with van der Waals surface area (Å²) in [6.45, 7) is -0.209. The number of hydrogen-bond acceptors (Lipinski definition) is 5. The second kappa shape index (κ2) is 10.0. The van der Waals surface area contributed by atoms with Crippen LogP contribution in [0.1, 0.15) is 35.5 Å². The fourth-order valence-corrected chi connectivity index (χ4v) is 4.87. The fraction of sp³-hybridized carbons (Fsp3) is 0.318. The van der Waals surface area contributed by atoms with Gasteiger partial charge in [0.15, 0.2) is 11.6 Å². The molecule has 2 aromatic carbocycles. The minimum absolute atomic E-state index is 0.00168. The standard InChI is InChI=1S/C22H20Cl2FN3O3S/c23-12-1-8-18-19(9-12)32-22(28-18)21(30)27-14-4-2-13(3-5-14)26-20(29)11-31-15-6-7-16(24)17(25)10-15/h1,6-10,13-14H,2-5,11H2,(H,26,29)(H,27,30)/t13-,14-. The Bertz CT molecular complexity index is 1150. The van der Waals surface area contributed by atoms with E-state index in [1.807, 2.05) is 0 Å². The Balaban J connectivity index is 1.21. The van der Waals surface area contributed by atoms with Crippen LogP contribution in [-0.2, 0) is 4.79 Å². The summed E-state index contributed by atoms with van der Waals surface area (Å²) in [5, 5.41) is 6.98. The molecule has 168 valence electrons. The van der Waals surface area contributed by atoms with E-state index >= 15 is 0 Å². The van der Waals surface area contributed by atoms with Crippen molar-refractivity contribution in [2.45, 2.75) is 37.8 Å². The summed E-state index contributed by atoms with van der Waals surface area (Å²) in [5.74, 6) is -0.829. The first kappa shape index (κ1) is 22.8. The highest BCUT2D eigenvalue weighted by Gasteiger charge is 2.25. The van der Waals surface area contributed by atoms with Crippen LogP contribution in [0, 0.1) is 5.82 Å². The third kappa shape index (κ3) is 5.68. The normalized spacial score (nSPS) is 18.3. The molecule has 0 spiro atoms. The van der Waals surface area contributed by atoms with Gasteiger partial charge in [0.25, 0.3) is 11.8 Å². The summed E-state index contributed by atoms with van der Waals surface area (Å²) in [6, 6.07) is 9.41. The molecule has 0 aliphatic heterocycles. The van der Waals surface area contributed by atoms with Crippen molar-refractivity contribution >= 4 is 56.6 Å². The zero-order valence-electron chi connectivity index (χ0n) is 16.9. The lowest BCUT2D eigenvalue weighted by molar-refractivity contribution is -0.124. The predicted octanol–water partition coefficient (Wildman–Crippen LogP) is 4.98. The van der Waals surface area contributed by atoms with Crippen molar-refractivity contribution in [2.24, 2.45) is 0 Å². The highest BCUT2D eigenvalue weighted by atomic mass is 35.5. The first-order valence-electron chi connectivity index (χ1n) is 10.1. The van der Waals surface area contributed by atoms with Crippen LogP contribution in [0.4, 0.5) is 4.39 Å². The smallest absolute Gasteiger partial charge is 0.280 e. The SMILES string of the molecule is O=C(COc1ccc(Cl)c(F)c1)N[C@H]1CC[C@H](NC(=O)c2nc3ccc(Cl)cc3s2)CC1. The molecule has 32 heavy (non-hydrogen) atoms. The van der Waals surface area contributed by atoms with Crippen LogP contribution in [-0.4, -0.2) is 35.5 Å². The van der Waals surface area contributed by atoms with Gasteiger partial charge in [-0.15, -0.1) is 11.3 Å². The van der Waals surface area contributed by atoms with E-state index in [1.165, 1.54) is 23.5 Å². The minimum atomic E-state index is -0.598. The molecule has 6 nitrogen and oxygen atoms in total. The van der Waals surface area contributed by atoms with Gasteiger partial charge in [0.2, 0.25) is 0 Å². The number of ether oxygens (including phenoxy) is 1. The zero-order valence-corrected chi connectivity index (χ0v) is 19.2. The number of thiazole rings is 1. The lowest BCUT2D eigenvalue weighted by Gasteiger charge is -2.29. The molecule has 10 heteroatoms. The van der Waals surface area contributed by atoms with Gasteiger partial charge in [0.1, 0.15) is 11.6 Å². The molecule has 1 aromatic heterocycles. The monoisotopic (exact) mass is 495 g/mol. The first-order chi connectivity index (χ1) is 15.4. The summed E-state index contributed by atoms with van der Waals surface area (Å²) < 4.78 is 19.6. The van der Waals surface area contributed by atoms with Crippen molar-refractivity contribution in [2.75, 3.05) is 6.61 Å². The summed E-state index contributed by atoms with van der Waals surface area (Å²) in [6.07, 6.45) is 2.97. The molecule has 0 unspecified atom stereocenters. The summed E-state index contributed by atoms with van der Waals surface area (Å²) >= 11 is 12.9. The fourth-order valence-electron chi connectivity index (χ4n) is 3.61. The van der Waals surface area contributed by atoms with Gasteiger partial charge in [0, 0.05) is 23.2 Å². The number of fused-ring (bicyclic) bond motifs is 1. The van der Waals surface area contributed by atoms with Crippen LogP contribution in [0.15, 0.2) is 36.4 Å². The van der Waals surface area contributed by atoms with E-state index in [1.54, 1.807) is 18.2 Å². The lowest BCUT2D eigenvalue weighted by Crippen LogP contribution is -2.44. The van der Waals surface area contributed by atoms with Crippen LogP contribution >= 0.6 is 34.5 Å². The Kier molecular flexibility index (Phi) is 7.13. The van der Waals surface area contributed by atoms with E-state index in [0.717, 1.165) is 42.0 Å². The molecule has 0 saturated heterocycles. The van der Waals surface area contributed by atoms with E-state index < -0.39 is 5.82 Å². The van der Waals surface area contributed by atoms with Crippen molar-refractivity contribution in [1.82, 2.24) is 15.6 Å². The number of rotatable bonds is 6. The van der Waals surface area contributed by atoms with Gasteiger partial charge in [0.05, 0.1) is 15.2 Å². The summed E-state index contributed by atoms with van der Waals surface area (Å²) in [5.41, 5.74) is 0.750. The molecule has 1 fully saturated rings. The van der Waals surface area contributed by atoms with Gasteiger partial charge in [-0.25, -0.2) is 9.37 Å². The Labute approximate surface area is 198 Å². The third-order valence-corrected chi connectivity index (χ3v) is 6.79. The predicted molar refractivity (Wildman–Crippen MR) is 123 cm³/mol. The number of amides is 2. The number of aromatic nitrogens is 1. The zero-order chi connectivity index (χ0) is 22.7. The van der Waals surface area contributed by atoms with Crippen LogP contribution in [0.3, 0.4) is 0 Å². The largest absolute Gasteiger partial charge is 0.484 e. The maximum Gasteiger partial charge on any atom is 0.280 e. The number of benzene rings is 2. The van der Waals surface area contributed by atoms with Crippen molar-refractivity contribution in [3.05, 3.63) is 57.3 Å². The molecular weight excluding hydrogens is 476 g/mol. The number of nitrogens with zero attached hydrogens (tertiary/aromatic N) is 1. The molecule has 0 atom stereocenters. The van der Waals surface area contributed by atoms with Crippen LogP contribution in [0.25, 0.3) is 10.2 Å². The molecule has 1 saturated carbocycles. The number of nitrogens with one attached hydrogen (secondary N) is 2. The van der Waals surface area contributed by atoms with Gasteiger partial charge in [-0.3, -0.25) is 9.59 Å². The number of hydrogen-bond donors (Lipinski definition) is 2. The van der Waals surface area contributed by atoms with E-state index in [-0.39, 0.29) is 41.3 Å². The number of carbonyl (C=O) groups excluding carboxylic acids is 2. The second-order valence-electron chi connectivity index (χ2n) is 7.59. The maximum absolute atomic E-state index is 13.4. The Morgan fingerprint density at radius 1 is 1.06 bits per heavy atom. The molecule has 2 amide bonds. The van der Waals surface area contributed by atoms with E-state index in [4.69, 9.17) is 27.9 Å². The molecule has 3 aromatic rings.